The maximum Gasteiger partial charge on any atom is 0.0876 e. The summed E-state index contributed by atoms with van der Waals surface area (Å²) >= 11 is 0. The van der Waals surface area contributed by atoms with Gasteiger partial charge in [-0.1, -0.05) is 30.3 Å². The summed E-state index contributed by atoms with van der Waals surface area (Å²) in [5.74, 6) is 2.42. The topological polar surface area (TPSA) is 21.8 Å². The molecule has 5 unspecified atom stereocenters. The third-order valence-electron chi connectivity index (χ3n) is 4.68. The maximum atomic E-state index is 5.87. The van der Waals surface area contributed by atoms with E-state index in [9.17, 15) is 0 Å². The van der Waals surface area contributed by atoms with Crippen LogP contribution >= 0.6 is 0 Å². The highest BCUT2D eigenvalue weighted by Gasteiger charge is 2.62. The molecule has 2 saturated carbocycles. The van der Waals surface area contributed by atoms with Crippen molar-refractivity contribution < 1.29 is 9.47 Å². The lowest BCUT2D eigenvalue weighted by Crippen LogP contribution is -2.22. The van der Waals surface area contributed by atoms with Gasteiger partial charge in [-0.15, -0.1) is 0 Å². The first-order valence-corrected chi connectivity index (χ1v) is 6.69. The van der Waals surface area contributed by atoms with Crippen LogP contribution in [0.3, 0.4) is 0 Å². The molecule has 1 aromatic carbocycles. The Morgan fingerprint density at radius 3 is 2.76 bits per heavy atom. The quantitative estimate of drug-likeness (QED) is 0.742. The molecule has 3 fully saturated rings. The third kappa shape index (κ3) is 1.71. The van der Waals surface area contributed by atoms with E-state index in [0.717, 1.165) is 31.0 Å². The van der Waals surface area contributed by atoms with Crippen molar-refractivity contribution >= 4 is 0 Å². The Bertz CT molecular complexity index is 403. The number of hydrogen-bond acceptors (Lipinski definition) is 2. The van der Waals surface area contributed by atoms with Gasteiger partial charge in [0.2, 0.25) is 0 Å². The van der Waals surface area contributed by atoms with Crippen molar-refractivity contribution in [2.24, 2.45) is 17.8 Å². The van der Waals surface area contributed by atoms with E-state index in [1.807, 2.05) is 6.07 Å². The van der Waals surface area contributed by atoms with Gasteiger partial charge in [-0.3, -0.25) is 0 Å². The Morgan fingerprint density at radius 1 is 1.12 bits per heavy atom. The van der Waals surface area contributed by atoms with Crippen molar-refractivity contribution in [3.63, 3.8) is 0 Å². The fraction of sp³-hybridized carbons (Fsp3) is 0.600. The van der Waals surface area contributed by atoms with Gasteiger partial charge < -0.3 is 9.47 Å². The Hall–Kier alpha value is -0.860. The first kappa shape index (κ1) is 10.1. The average molecular weight is 230 g/mol. The normalized spacial score (nSPS) is 41.5. The summed E-state index contributed by atoms with van der Waals surface area (Å²) in [4.78, 5) is 0. The van der Waals surface area contributed by atoms with Gasteiger partial charge in [-0.2, -0.15) is 0 Å². The predicted octanol–water partition coefficient (Wildman–Crippen LogP) is 2.63. The van der Waals surface area contributed by atoms with E-state index >= 15 is 0 Å². The zero-order chi connectivity index (χ0) is 11.2. The highest BCUT2D eigenvalue weighted by Crippen LogP contribution is 2.58. The summed E-state index contributed by atoms with van der Waals surface area (Å²) in [5.41, 5.74) is 1.27. The van der Waals surface area contributed by atoms with Crippen LogP contribution in [0, 0.1) is 17.8 Å². The summed E-state index contributed by atoms with van der Waals surface area (Å²) in [6.07, 6.45) is 3.99. The van der Waals surface area contributed by atoms with E-state index < -0.39 is 0 Å². The molecule has 2 bridgehead atoms. The zero-order valence-corrected chi connectivity index (χ0v) is 9.92. The number of benzene rings is 1. The van der Waals surface area contributed by atoms with Crippen LogP contribution in [0.15, 0.2) is 30.3 Å². The van der Waals surface area contributed by atoms with Crippen LogP contribution in [0.25, 0.3) is 0 Å². The van der Waals surface area contributed by atoms with E-state index in [1.165, 1.54) is 18.4 Å². The third-order valence-corrected chi connectivity index (χ3v) is 4.68. The Morgan fingerprint density at radius 2 is 2.00 bits per heavy atom. The molecular formula is C15H18O2. The van der Waals surface area contributed by atoms with Crippen LogP contribution in [0.4, 0.5) is 0 Å². The second-order valence-electron chi connectivity index (χ2n) is 5.72. The zero-order valence-electron chi connectivity index (χ0n) is 9.92. The highest BCUT2D eigenvalue weighted by molar-refractivity contribution is 5.13. The maximum absolute atomic E-state index is 5.87. The molecule has 0 radical (unpaired) electrons. The molecular weight excluding hydrogens is 212 g/mol. The molecule has 2 heteroatoms. The molecule has 1 aromatic rings. The van der Waals surface area contributed by atoms with E-state index in [4.69, 9.17) is 9.47 Å². The molecule has 2 aliphatic carbocycles. The second kappa shape index (κ2) is 3.82. The summed E-state index contributed by atoms with van der Waals surface area (Å²) in [6, 6.07) is 10.4. The summed E-state index contributed by atoms with van der Waals surface area (Å²) < 4.78 is 11.5. The molecule has 0 aromatic heterocycles. The number of hydrogen-bond donors (Lipinski definition) is 0. The number of ether oxygens (including phenoxy) is 2. The largest absolute Gasteiger partial charge is 0.376 e. The van der Waals surface area contributed by atoms with Gasteiger partial charge in [-0.05, 0) is 36.2 Å². The first-order valence-electron chi connectivity index (χ1n) is 6.69. The van der Waals surface area contributed by atoms with Crippen molar-refractivity contribution in [2.45, 2.75) is 31.7 Å². The molecule has 90 valence electrons. The standard InChI is InChI=1S/C15H18O2/c1-2-4-10(5-3-1)8-16-9-12-6-11-7-13(12)15-14(11)17-15/h1-5,11-15H,6-9H2. The molecule has 17 heavy (non-hydrogen) atoms. The molecule has 0 spiro atoms. The van der Waals surface area contributed by atoms with Gasteiger partial charge in [0.25, 0.3) is 0 Å². The summed E-state index contributed by atoms with van der Waals surface area (Å²) in [7, 11) is 0. The summed E-state index contributed by atoms with van der Waals surface area (Å²) in [6.45, 7) is 1.67. The van der Waals surface area contributed by atoms with Crippen molar-refractivity contribution in [2.75, 3.05) is 6.61 Å². The molecule has 1 heterocycles. The minimum atomic E-state index is 0.610. The lowest BCUT2D eigenvalue weighted by atomic mass is 9.89. The van der Waals surface area contributed by atoms with E-state index in [1.54, 1.807) is 0 Å². The smallest absolute Gasteiger partial charge is 0.0876 e. The lowest BCUT2D eigenvalue weighted by molar-refractivity contribution is 0.0680. The van der Waals surface area contributed by atoms with Crippen LogP contribution in [0.5, 0.6) is 0 Å². The van der Waals surface area contributed by atoms with Crippen molar-refractivity contribution in [3.05, 3.63) is 35.9 Å². The van der Waals surface area contributed by atoms with Crippen LogP contribution in [-0.4, -0.2) is 18.8 Å². The Labute approximate surface area is 102 Å². The molecule has 2 nitrogen and oxygen atoms in total. The monoisotopic (exact) mass is 230 g/mol. The lowest BCUT2D eigenvalue weighted by Gasteiger charge is -2.19. The van der Waals surface area contributed by atoms with Crippen LogP contribution < -0.4 is 0 Å². The fourth-order valence-electron chi connectivity index (χ4n) is 3.83. The minimum Gasteiger partial charge on any atom is -0.376 e. The van der Waals surface area contributed by atoms with Gasteiger partial charge in [0.1, 0.15) is 0 Å². The van der Waals surface area contributed by atoms with Crippen molar-refractivity contribution in [1.82, 2.24) is 0 Å². The minimum absolute atomic E-state index is 0.610. The highest BCUT2D eigenvalue weighted by atomic mass is 16.6. The van der Waals surface area contributed by atoms with Crippen LogP contribution in [-0.2, 0) is 16.1 Å². The van der Waals surface area contributed by atoms with Gasteiger partial charge in [0.15, 0.2) is 0 Å². The second-order valence-corrected chi connectivity index (χ2v) is 5.72. The Kier molecular flexibility index (Phi) is 2.27. The molecule has 1 saturated heterocycles. The van der Waals surface area contributed by atoms with E-state index in [0.29, 0.717) is 12.2 Å². The molecule has 1 aliphatic heterocycles. The van der Waals surface area contributed by atoms with Crippen LogP contribution in [0.1, 0.15) is 18.4 Å². The van der Waals surface area contributed by atoms with Gasteiger partial charge >= 0.3 is 0 Å². The van der Waals surface area contributed by atoms with Crippen LogP contribution in [0.2, 0.25) is 0 Å². The SMILES string of the molecule is c1ccc(COCC2CC3CC2C2OC32)cc1. The van der Waals surface area contributed by atoms with E-state index in [-0.39, 0.29) is 0 Å². The molecule has 3 aliphatic rings. The molecule has 0 amide bonds. The molecule has 4 rings (SSSR count). The Balaban J connectivity index is 1.29. The van der Waals surface area contributed by atoms with E-state index in [2.05, 4.69) is 24.3 Å². The molecule has 5 atom stereocenters. The molecule has 0 N–H and O–H groups in total. The van der Waals surface area contributed by atoms with Gasteiger partial charge in [0.05, 0.1) is 25.4 Å². The van der Waals surface area contributed by atoms with Crippen molar-refractivity contribution in [1.29, 1.82) is 0 Å². The van der Waals surface area contributed by atoms with Gasteiger partial charge in [0, 0.05) is 0 Å². The number of epoxide rings is 1. The average Bonchev–Trinajstić information content (AvgIpc) is 2.98. The number of fused-ring (bicyclic) bond motifs is 5. The predicted molar refractivity (Wildman–Crippen MR) is 64.5 cm³/mol. The van der Waals surface area contributed by atoms with Gasteiger partial charge in [-0.25, -0.2) is 0 Å². The van der Waals surface area contributed by atoms with Crippen molar-refractivity contribution in [3.8, 4) is 0 Å². The summed E-state index contributed by atoms with van der Waals surface area (Å²) in [5, 5.41) is 0. The number of rotatable bonds is 4. The fourth-order valence-corrected chi connectivity index (χ4v) is 3.83. The first-order chi connectivity index (χ1) is 8.42.